The van der Waals surface area contributed by atoms with Crippen molar-refractivity contribution in [2.75, 3.05) is 0 Å². The van der Waals surface area contributed by atoms with Crippen molar-refractivity contribution in [3.63, 3.8) is 0 Å². The minimum atomic E-state index is -4.71. The second-order valence-corrected chi connectivity index (χ2v) is 5.07. The van der Waals surface area contributed by atoms with E-state index >= 15 is 0 Å². The van der Waals surface area contributed by atoms with Crippen molar-refractivity contribution in [1.29, 1.82) is 0 Å². The monoisotopic (exact) mass is 341 g/mol. The summed E-state index contributed by atoms with van der Waals surface area (Å²) < 4.78 is 38.6. The minimum Gasteiger partial charge on any atom is -0.480 e. The molecule has 24 heavy (non-hydrogen) atoms. The smallest absolute Gasteiger partial charge is 0.391 e. The fourth-order valence-electron chi connectivity index (χ4n) is 2.13. The van der Waals surface area contributed by atoms with Crippen molar-refractivity contribution in [3.8, 4) is 5.69 Å². The number of carbonyl (C=O) groups is 2. The number of para-hydroxylation sites is 1. The van der Waals surface area contributed by atoms with Gasteiger partial charge in [-0.25, -0.2) is 9.48 Å². The van der Waals surface area contributed by atoms with Gasteiger partial charge in [-0.05, 0) is 19.1 Å². The fraction of sp³-hybridized carbons (Fsp3) is 0.267. The number of aliphatic carboxylic acids is 1. The van der Waals surface area contributed by atoms with E-state index in [0.717, 1.165) is 0 Å². The van der Waals surface area contributed by atoms with Crippen LogP contribution in [0.3, 0.4) is 0 Å². The summed E-state index contributed by atoms with van der Waals surface area (Å²) in [5, 5.41) is 14.8. The fourth-order valence-corrected chi connectivity index (χ4v) is 2.13. The summed E-state index contributed by atoms with van der Waals surface area (Å²) in [4.78, 5) is 23.0. The van der Waals surface area contributed by atoms with Crippen molar-refractivity contribution in [3.05, 3.63) is 47.8 Å². The Morgan fingerprint density at radius 3 is 2.46 bits per heavy atom. The van der Waals surface area contributed by atoms with Crippen LogP contribution in [-0.2, 0) is 4.79 Å². The SMILES string of the molecule is Cc1c(C(=O)NC(CC(F)(F)F)C(=O)O)cnn1-c1ccccc1. The molecule has 0 fully saturated rings. The van der Waals surface area contributed by atoms with Gasteiger partial charge in [0, 0.05) is 0 Å². The third-order valence-electron chi connectivity index (χ3n) is 3.29. The van der Waals surface area contributed by atoms with Crippen molar-refractivity contribution in [1.82, 2.24) is 15.1 Å². The highest BCUT2D eigenvalue weighted by Crippen LogP contribution is 2.22. The molecular weight excluding hydrogens is 327 g/mol. The van der Waals surface area contributed by atoms with E-state index in [1.807, 2.05) is 5.32 Å². The number of carbonyl (C=O) groups excluding carboxylic acids is 1. The molecule has 2 rings (SSSR count). The molecule has 0 bridgehead atoms. The second-order valence-electron chi connectivity index (χ2n) is 5.07. The maximum absolute atomic E-state index is 12.4. The van der Waals surface area contributed by atoms with E-state index in [-0.39, 0.29) is 5.56 Å². The first-order chi connectivity index (χ1) is 11.2. The Kier molecular flexibility index (Phi) is 4.91. The number of hydrogen-bond acceptors (Lipinski definition) is 3. The van der Waals surface area contributed by atoms with Gasteiger partial charge in [-0.1, -0.05) is 18.2 Å². The lowest BCUT2D eigenvalue weighted by Crippen LogP contribution is -2.43. The standard InChI is InChI=1S/C15H14F3N3O3/c1-9-11(8-19-21(9)10-5-3-2-4-6-10)13(22)20-12(14(23)24)7-15(16,17)18/h2-6,8,12H,7H2,1H3,(H,20,22)(H,23,24). The predicted octanol–water partition coefficient (Wildman–Crippen LogP) is 2.32. The number of rotatable bonds is 5. The van der Waals surface area contributed by atoms with E-state index in [1.165, 1.54) is 10.9 Å². The summed E-state index contributed by atoms with van der Waals surface area (Å²) >= 11 is 0. The van der Waals surface area contributed by atoms with Crippen LogP contribution in [0.1, 0.15) is 22.5 Å². The first-order valence-electron chi connectivity index (χ1n) is 6.89. The zero-order valence-electron chi connectivity index (χ0n) is 12.5. The van der Waals surface area contributed by atoms with Gasteiger partial charge < -0.3 is 10.4 Å². The highest BCUT2D eigenvalue weighted by atomic mass is 19.4. The van der Waals surface area contributed by atoms with E-state index in [1.54, 1.807) is 37.3 Å². The second kappa shape index (κ2) is 6.73. The van der Waals surface area contributed by atoms with Gasteiger partial charge in [0.05, 0.1) is 29.6 Å². The first-order valence-corrected chi connectivity index (χ1v) is 6.89. The molecule has 0 aliphatic rings. The number of benzene rings is 1. The normalized spacial score (nSPS) is 12.7. The van der Waals surface area contributed by atoms with Crippen LogP contribution in [-0.4, -0.2) is 39.0 Å². The van der Waals surface area contributed by atoms with E-state index in [2.05, 4.69) is 5.10 Å². The molecule has 1 heterocycles. The number of aromatic nitrogens is 2. The van der Waals surface area contributed by atoms with Gasteiger partial charge in [0.2, 0.25) is 0 Å². The zero-order chi connectivity index (χ0) is 17.9. The molecule has 0 spiro atoms. The van der Waals surface area contributed by atoms with Crippen LogP contribution in [0.2, 0.25) is 0 Å². The molecule has 128 valence electrons. The van der Waals surface area contributed by atoms with Crippen LogP contribution >= 0.6 is 0 Å². The van der Waals surface area contributed by atoms with E-state index in [0.29, 0.717) is 11.4 Å². The number of carboxylic acid groups (broad SMARTS) is 1. The number of alkyl halides is 3. The lowest BCUT2D eigenvalue weighted by molar-refractivity contribution is -0.157. The van der Waals surface area contributed by atoms with Crippen LogP contribution in [0.4, 0.5) is 13.2 Å². The molecule has 0 aliphatic carbocycles. The molecule has 0 aliphatic heterocycles. The van der Waals surface area contributed by atoms with Crippen LogP contribution < -0.4 is 5.32 Å². The van der Waals surface area contributed by atoms with E-state index in [9.17, 15) is 22.8 Å². The zero-order valence-corrected chi connectivity index (χ0v) is 12.5. The Labute approximate surface area is 134 Å². The Balaban J connectivity index is 2.21. The number of halogens is 3. The van der Waals surface area contributed by atoms with Gasteiger partial charge in [0.15, 0.2) is 0 Å². The average molecular weight is 341 g/mol. The number of amides is 1. The highest BCUT2D eigenvalue weighted by Gasteiger charge is 2.36. The Hall–Kier alpha value is -2.84. The predicted molar refractivity (Wildman–Crippen MR) is 77.9 cm³/mol. The third kappa shape index (κ3) is 4.12. The molecule has 1 aromatic heterocycles. The molecule has 2 N–H and O–H groups in total. The molecule has 6 nitrogen and oxygen atoms in total. The Morgan fingerprint density at radius 1 is 1.29 bits per heavy atom. The van der Waals surface area contributed by atoms with Gasteiger partial charge in [0.25, 0.3) is 5.91 Å². The molecule has 0 saturated carbocycles. The summed E-state index contributed by atoms with van der Waals surface area (Å²) in [6.07, 6.45) is -5.18. The molecule has 1 amide bonds. The van der Waals surface area contributed by atoms with Gasteiger partial charge >= 0.3 is 12.1 Å². The quantitative estimate of drug-likeness (QED) is 0.874. The van der Waals surface area contributed by atoms with Gasteiger partial charge in [-0.15, -0.1) is 0 Å². The average Bonchev–Trinajstić information content (AvgIpc) is 2.87. The van der Waals surface area contributed by atoms with Crippen molar-refractivity contribution in [2.24, 2.45) is 0 Å². The maximum Gasteiger partial charge on any atom is 0.391 e. The summed E-state index contributed by atoms with van der Waals surface area (Å²) in [5.41, 5.74) is 1.06. The first kappa shape index (κ1) is 17.5. The molecule has 0 saturated heterocycles. The number of carboxylic acids is 1. The summed E-state index contributed by atoms with van der Waals surface area (Å²) in [7, 11) is 0. The summed E-state index contributed by atoms with van der Waals surface area (Å²) in [5.74, 6) is -2.68. The van der Waals surface area contributed by atoms with Crippen LogP contribution in [0, 0.1) is 6.92 Å². The van der Waals surface area contributed by atoms with Crippen LogP contribution in [0.5, 0.6) is 0 Å². The number of hydrogen-bond donors (Lipinski definition) is 2. The molecular formula is C15H14F3N3O3. The van der Waals surface area contributed by atoms with Crippen molar-refractivity contribution in [2.45, 2.75) is 25.6 Å². The van der Waals surface area contributed by atoms with E-state index < -0.39 is 30.5 Å². The molecule has 0 radical (unpaired) electrons. The molecule has 9 heteroatoms. The number of nitrogens with one attached hydrogen (secondary N) is 1. The van der Waals surface area contributed by atoms with Crippen molar-refractivity contribution < 1.29 is 27.9 Å². The topological polar surface area (TPSA) is 84.2 Å². The molecule has 2 aromatic rings. The molecule has 1 atom stereocenters. The highest BCUT2D eigenvalue weighted by molar-refractivity contribution is 5.97. The summed E-state index contributed by atoms with van der Waals surface area (Å²) in [6, 6.07) is 6.75. The number of nitrogens with zero attached hydrogens (tertiary/aromatic N) is 2. The molecule has 1 unspecified atom stereocenters. The Morgan fingerprint density at radius 2 is 1.92 bits per heavy atom. The van der Waals surface area contributed by atoms with Crippen LogP contribution in [0.25, 0.3) is 5.69 Å². The van der Waals surface area contributed by atoms with Crippen molar-refractivity contribution >= 4 is 11.9 Å². The van der Waals surface area contributed by atoms with Gasteiger partial charge in [0.1, 0.15) is 6.04 Å². The van der Waals surface area contributed by atoms with Gasteiger partial charge in [-0.2, -0.15) is 18.3 Å². The minimum absolute atomic E-state index is 0.00674. The van der Waals surface area contributed by atoms with Crippen LogP contribution in [0.15, 0.2) is 36.5 Å². The molecule has 1 aromatic carbocycles. The summed E-state index contributed by atoms with van der Waals surface area (Å²) in [6.45, 7) is 1.56. The largest absolute Gasteiger partial charge is 0.480 e. The van der Waals surface area contributed by atoms with Gasteiger partial charge in [-0.3, -0.25) is 4.79 Å². The lowest BCUT2D eigenvalue weighted by Gasteiger charge is -2.16. The Bertz CT molecular complexity index is 741. The maximum atomic E-state index is 12.4. The van der Waals surface area contributed by atoms with E-state index in [4.69, 9.17) is 5.11 Å². The third-order valence-corrected chi connectivity index (χ3v) is 3.29. The lowest BCUT2D eigenvalue weighted by atomic mass is 10.1.